The normalized spacial score (nSPS) is 11.9. The van der Waals surface area contributed by atoms with Gasteiger partial charge in [-0.25, -0.2) is 0 Å². The van der Waals surface area contributed by atoms with Crippen molar-refractivity contribution in [2.45, 2.75) is 33.9 Å². The topological polar surface area (TPSA) is 57.8 Å². The largest absolute Gasteiger partial charge is 0.416 e. The third-order valence-corrected chi connectivity index (χ3v) is 5.20. The van der Waals surface area contributed by atoms with Gasteiger partial charge in [-0.15, -0.1) is 0 Å². The van der Waals surface area contributed by atoms with Crippen LogP contribution in [0.5, 0.6) is 0 Å². The van der Waals surface area contributed by atoms with Crippen LogP contribution >= 0.6 is 0 Å². The van der Waals surface area contributed by atoms with Crippen LogP contribution in [0.4, 0.5) is 18.9 Å². The van der Waals surface area contributed by atoms with Crippen LogP contribution in [0.25, 0.3) is 11.8 Å². The highest BCUT2D eigenvalue weighted by Crippen LogP contribution is 2.32. The summed E-state index contributed by atoms with van der Waals surface area (Å²) in [6.45, 7) is 7.29. The van der Waals surface area contributed by atoms with E-state index in [1.165, 1.54) is 12.1 Å². The summed E-state index contributed by atoms with van der Waals surface area (Å²) in [5.41, 5.74) is 3.92. The fourth-order valence-corrected chi connectivity index (χ4v) is 3.60. The van der Waals surface area contributed by atoms with Gasteiger partial charge < -0.3 is 9.88 Å². The van der Waals surface area contributed by atoms with E-state index in [2.05, 4.69) is 5.32 Å². The number of amides is 1. The molecule has 0 aliphatic heterocycles. The maximum atomic E-state index is 13.1. The van der Waals surface area contributed by atoms with Crippen molar-refractivity contribution in [1.82, 2.24) is 4.57 Å². The molecule has 0 unspecified atom stereocenters. The van der Waals surface area contributed by atoms with Gasteiger partial charge in [-0.1, -0.05) is 23.8 Å². The fraction of sp³-hybridized carbons (Fsp3) is 0.200. The number of benzene rings is 2. The Bertz CT molecular complexity index is 1260. The molecule has 0 saturated carbocycles. The van der Waals surface area contributed by atoms with Crippen LogP contribution in [-0.2, 0) is 11.0 Å². The van der Waals surface area contributed by atoms with Gasteiger partial charge in [0.05, 0.1) is 5.56 Å². The third kappa shape index (κ3) is 4.75. The summed E-state index contributed by atoms with van der Waals surface area (Å²) in [6, 6.07) is 14.2. The first-order valence-corrected chi connectivity index (χ1v) is 9.88. The van der Waals surface area contributed by atoms with Gasteiger partial charge in [0.1, 0.15) is 11.6 Å². The lowest BCUT2D eigenvalue weighted by Crippen LogP contribution is -2.14. The first kappa shape index (κ1) is 22.9. The molecule has 0 radical (unpaired) electrons. The van der Waals surface area contributed by atoms with Gasteiger partial charge in [-0.05, 0) is 75.2 Å². The number of hydrogen-bond donors (Lipinski definition) is 1. The Morgan fingerprint density at radius 3 is 2.41 bits per heavy atom. The van der Waals surface area contributed by atoms with E-state index in [1.807, 2.05) is 32.0 Å². The molecule has 4 nitrogen and oxygen atoms in total. The van der Waals surface area contributed by atoms with Gasteiger partial charge in [0.25, 0.3) is 5.91 Å². The number of anilines is 1. The van der Waals surface area contributed by atoms with E-state index < -0.39 is 17.6 Å². The Morgan fingerprint density at radius 2 is 1.78 bits per heavy atom. The summed E-state index contributed by atoms with van der Waals surface area (Å²) in [5, 5.41) is 12.3. The number of nitrogens with one attached hydrogen (secondary N) is 1. The number of nitriles is 1. The molecule has 7 heteroatoms. The van der Waals surface area contributed by atoms with Crippen LogP contribution in [0.2, 0.25) is 0 Å². The van der Waals surface area contributed by atoms with Gasteiger partial charge in [-0.2, -0.15) is 18.4 Å². The molecule has 3 rings (SSSR count). The third-order valence-electron chi connectivity index (χ3n) is 5.20. The quantitative estimate of drug-likeness (QED) is 0.386. The van der Waals surface area contributed by atoms with Crippen LogP contribution < -0.4 is 5.32 Å². The van der Waals surface area contributed by atoms with Gasteiger partial charge >= 0.3 is 6.18 Å². The predicted molar refractivity (Wildman–Crippen MR) is 118 cm³/mol. The summed E-state index contributed by atoms with van der Waals surface area (Å²) in [7, 11) is 0. The number of aromatic nitrogens is 1. The van der Waals surface area contributed by atoms with Gasteiger partial charge in [0.15, 0.2) is 0 Å². The van der Waals surface area contributed by atoms with Crippen LogP contribution in [0.1, 0.15) is 33.6 Å². The number of aryl methyl sites for hydroxylation is 3. The molecular formula is C25H22F3N3O. The fourth-order valence-electron chi connectivity index (χ4n) is 3.60. The molecule has 0 atom stereocenters. The van der Waals surface area contributed by atoms with Crippen molar-refractivity contribution in [3.63, 3.8) is 0 Å². The minimum absolute atomic E-state index is 0.103. The van der Waals surface area contributed by atoms with E-state index in [4.69, 9.17) is 0 Å². The zero-order chi connectivity index (χ0) is 23.6. The highest BCUT2D eigenvalue weighted by Gasteiger charge is 2.30. The number of hydrogen-bond acceptors (Lipinski definition) is 2. The Hall–Kier alpha value is -3.79. The minimum Gasteiger partial charge on any atom is -0.321 e. The molecule has 0 fully saturated rings. The Kier molecular flexibility index (Phi) is 6.26. The Balaban J connectivity index is 1.96. The lowest BCUT2D eigenvalue weighted by molar-refractivity contribution is -0.137. The number of alkyl halides is 3. The predicted octanol–water partition coefficient (Wildman–Crippen LogP) is 6.28. The summed E-state index contributed by atoms with van der Waals surface area (Å²) < 4.78 is 41.0. The van der Waals surface area contributed by atoms with Crippen LogP contribution in [0.15, 0.2) is 54.1 Å². The standard InChI is InChI=1S/C25H22F3N3O/c1-15-8-9-23(16(2)10-15)30-24(32)20(14-29)12-19-11-17(3)31(18(19)4)22-7-5-6-21(13-22)25(26,27)28/h5-13H,1-4H3,(H,30,32)/b20-12-. The molecule has 1 N–H and O–H groups in total. The second kappa shape index (κ2) is 8.75. The lowest BCUT2D eigenvalue weighted by atomic mass is 10.1. The van der Waals surface area contributed by atoms with Crippen LogP contribution in [-0.4, -0.2) is 10.5 Å². The number of carbonyl (C=O) groups is 1. The molecule has 1 aromatic heterocycles. The highest BCUT2D eigenvalue weighted by molar-refractivity contribution is 6.10. The monoisotopic (exact) mass is 437 g/mol. The number of halogens is 3. The van der Waals surface area contributed by atoms with Crippen molar-refractivity contribution in [2.75, 3.05) is 5.32 Å². The van der Waals surface area contributed by atoms with Gasteiger partial charge in [0.2, 0.25) is 0 Å². The van der Waals surface area contributed by atoms with E-state index in [-0.39, 0.29) is 5.57 Å². The Morgan fingerprint density at radius 1 is 1.06 bits per heavy atom. The number of nitrogens with zero attached hydrogens (tertiary/aromatic N) is 2. The number of carbonyl (C=O) groups excluding carboxylic acids is 1. The zero-order valence-corrected chi connectivity index (χ0v) is 18.1. The second-order valence-corrected chi connectivity index (χ2v) is 7.65. The molecule has 1 heterocycles. The first-order chi connectivity index (χ1) is 15.0. The smallest absolute Gasteiger partial charge is 0.321 e. The van der Waals surface area contributed by atoms with Crippen molar-refractivity contribution in [1.29, 1.82) is 5.26 Å². The van der Waals surface area contributed by atoms with E-state index in [0.29, 0.717) is 28.3 Å². The maximum absolute atomic E-state index is 13.1. The van der Waals surface area contributed by atoms with Crippen molar-refractivity contribution in [3.8, 4) is 11.8 Å². The zero-order valence-electron chi connectivity index (χ0n) is 18.1. The average molecular weight is 437 g/mol. The average Bonchev–Trinajstić information content (AvgIpc) is 3.00. The van der Waals surface area contributed by atoms with Crippen LogP contribution in [0.3, 0.4) is 0 Å². The van der Waals surface area contributed by atoms with Gasteiger partial charge in [-0.3, -0.25) is 4.79 Å². The molecule has 32 heavy (non-hydrogen) atoms. The van der Waals surface area contributed by atoms with Crippen LogP contribution in [0, 0.1) is 39.0 Å². The first-order valence-electron chi connectivity index (χ1n) is 9.88. The summed E-state index contributed by atoms with van der Waals surface area (Å²) in [6.07, 6.45) is -3.00. The molecule has 1 amide bonds. The van der Waals surface area contributed by atoms with Crippen molar-refractivity contribution < 1.29 is 18.0 Å². The second-order valence-electron chi connectivity index (χ2n) is 7.65. The molecule has 164 valence electrons. The highest BCUT2D eigenvalue weighted by atomic mass is 19.4. The Labute approximate surface area is 184 Å². The molecule has 0 saturated heterocycles. The van der Waals surface area contributed by atoms with E-state index >= 15 is 0 Å². The lowest BCUT2D eigenvalue weighted by Gasteiger charge is -2.13. The van der Waals surface area contributed by atoms with Crippen molar-refractivity contribution in [2.24, 2.45) is 0 Å². The molecule has 0 bridgehead atoms. The maximum Gasteiger partial charge on any atom is 0.416 e. The van der Waals surface area contributed by atoms with Crippen molar-refractivity contribution in [3.05, 3.63) is 87.7 Å². The summed E-state index contributed by atoms with van der Waals surface area (Å²) in [4.78, 5) is 12.7. The summed E-state index contributed by atoms with van der Waals surface area (Å²) >= 11 is 0. The SMILES string of the molecule is Cc1ccc(NC(=O)/C(C#N)=C\c2cc(C)n(-c3cccc(C(F)(F)F)c3)c2C)c(C)c1. The summed E-state index contributed by atoms with van der Waals surface area (Å²) in [5.74, 6) is -0.552. The van der Waals surface area contributed by atoms with Gasteiger partial charge in [0, 0.05) is 22.8 Å². The molecule has 0 aliphatic rings. The molecule has 0 spiro atoms. The molecule has 2 aromatic carbocycles. The minimum atomic E-state index is -4.45. The number of rotatable bonds is 4. The van der Waals surface area contributed by atoms with E-state index in [9.17, 15) is 23.2 Å². The van der Waals surface area contributed by atoms with E-state index in [0.717, 1.165) is 23.3 Å². The molecular weight excluding hydrogens is 415 g/mol. The van der Waals surface area contributed by atoms with E-state index in [1.54, 1.807) is 36.6 Å². The molecule has 0 aliphatic carbocycles. The molecule has 3 aromatic rings. The van der Waals surface area contributed by atoms with Crippen molar-refractivity contribution >= 4 is 17.7 Å².